The van der Waals surface area contributed by atoms with E-state index in [1.54, 1.807) is 7.11 Å². The van der Waals surface area contributed by atoms with Crippen LogP contribution < -0.4 is 5.32 Å². The maximum atomic E-state index is 8.88. The lowest BCUT2D eigenvalue weighted by molar-refractivity contribution is 0.135. The van der Waals surface area contributed by atoms with E-state index in [1.807, 2.05) is 0 Å². The molecule has 14 heavy (non-hydrogen) atoms. The molecule has 0 spiro atoms. The maximum Gasteiger partial charge on any atom is 0.0618 e. The molecular formula is C11H25NO2. The predicted molar refractivity (Wildman–Crippen MR) is 59.4 cm³/mol. The number of ether oxygens (including phenoxy) is 1. The van der Waals surface area contributed by atoms with Gasteiger partial charge in [-0.1, -0.05) is 20.8 Å². The Bertz CT molecular complexity index is 128. The molecule has 3 nitrogen and oxygen atoms in total. The summed E-state index contributed by atoms with van der Waals surface area (Å²) in [5.74, 6) is 0.558. The van der Waals surface area contributed by atoms with Gasteiger partial charge in [0.25, 0.3) is 0 Å². The van der Waals surface area contributed by atoms with Crippen molar-refractivity contribution in [1.82, 2.24) is 5.32 Å². The zero-order valence-electron chi connectivity index (χ0n) is 9.92. The van der Waals surface area contributed by atoms with E-state index in [2.05, 4.69) is 26.1 Å². The molecule has 0 saturated heterocycles. The highest BCUT2D eigenvalue weighted by Crippen LogP contribution is 2.06. The molecule has 0 aromatic carbocycles. The zero-order valence-corrected chi connectivity index (χ0v) is 9.92. The summed E-state index contributed by atoms with van der Waals surface area (Å²) in [6.07, 6.45) is 1.87. The number of aliphatic hydroxyl groups is 1. The van der Waals surface area contributed by atoms with Crippen LogP contribution in [0.1, 0.15) is 33.6 Å². The molecule has 0 amide bonds. The Balaban J connectivity index is 3.97. The van der Waals surface area contributed by atoms with Gasteiger partial charge < -0.3 is 15.2 Å². The van der Waals surface area contributed by atoms with Gasteiger partial charge in [0, 0.05) is 25.8 Å². The third kappa shape index (κ3) is 5.58. The van der Waals surface area contributed by atoms with E-state index in [4.69, 9.17) is 9.84 Å². The van der Waals surface area contributed by atoms with Crippen LogP contribution in [0.15, 0.2) is 0 Å². The Kier molecular flexibility index (Phi) is 8.14. The number of methoxy groups -OCH3 is 1. The first kappa shape index (κ1) is 13.9. The van der Waals surface area contributed by atoms with Crippen molar-refractivity contribution in [3.63, 3.8) is 0 Å². The fourth-order valence-electron chi connectivity index (χ4n) is 1.48. The minimum atomic E-state index is 0.253. The van der Waals surface area contributed by atoms with E-state index in [9.17, 15) is 0 Å². The third-order valence-electron chi connectivity index (χ3n) is 2.57. The molecule has 2 atom stereocenters. The Hall–Kier alpha value is -0.120. The minimum Gasteiger partial charge on any atom is -0.396 e. The smallest absolute Gasteiger partial charge is 0.0618 e. The second-order valence-corrected chi connectivity index (χ2v) is 4.09. The van der Waals surface area contributed by atoms with E-state index in [1.165, 1.54) is 0 Å². The van der Waals surface area contributed by atoms with E-state index in [0.29, 0.717) is 18.0 Å². The van der Waals surface area contributed by atoms with Crippen molar-refractivity contribution in [2.24, 2.45) is 5.92 Å². The van der Waals surface area contributed by atoms with Crippen LogP contribution in [0.3, 0.4) is 0 Å². The molecule has 0 aromatic rings. The molecule has 0 aliphatic heterocycles. The van der Waals surface area contributed by atoms with Crippen molar-refractivity contribution in [2.75, 3.05) is 20.3 Å². The van der Waals surface area contributed by atoms with Gasteiger partial charge in [0.1, 0.15) is 0 Å². The number of nitrogens with one attached hydrogen (secondary N) is 1. The summed E-state index contributed by atoms with van der Waals surface area (Å²) >= 11 is 0. The van der Waals surface area contributed by atoms with Crippen molar-refractivity contribution in [3.05, 3.63) is 0 Å². The normalized spacial score (nSPS) is 15.9. The lowest BCUT2D eigenvalue weighted by atomic mass is 10.0. The predicted octanol–water partition coefficient (Wildman–Crippen LogP) is 1.41. The average molecular weight is 203 g/mol. The molecule has 2 N–H and O–H groups in total. The van der Waals surface area contributed by atoms with E-state index >= 15 is 0 Å². The van der Waals surface area contributed by atoms with Crippen LogP contribution >= 0.6 is 0 Å². The second-order valence-electron chi connectivity index (χ2n) is 4.09. The highest BCUT2D eigenvalue weighted by Gasteiger charge is 2.16. The number of hydrogen-bond donors (Lipinski definition) is 2. The number of aliphatic hydroxyl groups excluding tert-OH is 1. The second kappa shape index (κ2) is 8.21. The Morgan fingerprint density at radius 3 is 2.36 bits per heavy atom. The third-order valence-corrected chi connectivity index (χ3v) is 2.57. The summed E-state index contributed by atoms with van der Waals surface area (Å²) in [5, 5.41) is 12.4. The van der Waals surface area contributed by atoms with Crippen molar-refractivity contribution >= 4 is 0 Å². The molecule has 0 heterocycles. The van der Waals surface area contributed by atoms with E-state index < -0.39 is 0 Å². The van der Waals surface area contributed by atoms with Crippen molar-refractivity contribution in [3.8, 4) is 0 Å². The molecule has 0 saturated carbocycles. The first-order valence-electron chi connectivity index (χ1n) is 5.51. The van der Waals surface area contributed by atoms with Gasteiger partial charge in [-0.2, -0.15) is 0 Å². The monoisotopic (exact) mass is 203 g/mol. The molecule has 0 rings (SSSR count). The number of hydrogen-bond acceptors (Lipinski definition) is 3. The van der Waals surface area contributed by atoms with Crippen LogP contribution in [0.25, 0.3) is 0 Å². The Labute approximate surface area is 87.8 Å². The van der Waals surface area contributed by atoms with Gasteiger partial charge in [0.2, 0.25) is 0 Å². The highest BCUT2D eigenvalue weighted by atomic mass is 16.5. The minimum absolute atomic E-state index is 0.253. The molecular weight excluding hydrogens is 178 g/mol. The SMILES string of the molecule is CCC(CCO)NC(COC)C(C)C. The number of rotatable bonds is 8. The van der Waals surface area contributed by atoms with Crippen LogP contribution in [0, 0.1) is 5.92 Å². The average Bonchev–Trinajstić information content (AvgIpc) is 2.15. The summed E-state index contributed by atoms with van der Waals surface area (Å²) in [5.41, 5.74) is 0. The fourth-order valence-corrected chi connectivity index (χ4v) is 1.48. The fraction of sp³-hybridized carbons (Fsp3) is 1.00. The van der Waals surface area contributed by atoms with Gasteiger partial charge in [-0.25, -0.2) is 0 Å². The summed E-state index contributed by atoms with van der Waals surface area (Å²) in [7, 11) is 1.73. The molecule has 0 aliphatic rings. The Morgan fingerprint density at radius 1 is 1.36 bits per heavy atom. The first-order valence-corrected chi connectivity index (χ1v) is 5.51. The largest absolute Gasteiger partial charge is 0.396 e. The topological polar surface area (TPSA) is 41.5 Å². The molecule has 0 bridgehead atoms. The van der Waals surface area contributed by atoms with Gasteiger partial charge in [0.15, 0.2) is 0 Å². The van der Waals surface area contributed by atoms with Crippen molar-refractivity contribution in [1.29, 1.82) is 0 Å². The van der Waals surface area contributed by atoms with Gasteiger partial charge in [-0.05, 0) is 18.8 Å². The van der Waals surface area contributed by atoms with Crippen LogP contribution in [-0.2, 0) is 4.74 Å². The van der Waals surface area contributed by atoms with Crippen LogP contribution in [0.4, 0.5) is 0 Å². The summed E-state index contributed by atoms with van der Waals surface area (Å²) < 4.78 is 5.16. The quantitative estimate of drug-likeness (QED) is 0.626. The molecule has 0 aliphatic carbocycles. The molecule has 0 fully saturated rings. The van der Waals surface area contributed by atoms with Gasteiger partial charge in [0.05, 0.1) is 6.61 Å². The van der Waals surface area contributed by atoms with Gasteiger partial charge in [-0.15, -0.1) is 0 Å². The molecule has 0 aromatic heterocycles. The summed E-state index contributed by atoms with van der Waals surface area (Å²) in [4.78, 5) is 0. The van der Waals surface area contributed by atoms with Gasteiger partial charge in [-0.3, -0.25) is 0 Å². The molecule has 0 radical (unpaired) electrons. The molecule has 3 heteroatoms. The summed E-state index contributed by atoms with van der Waals surface area (Å²) in [6, 6.07) is 0.791. The van der Waals surface area contributed by atoms with E-state index in [-0.39, 0.29) is 6.61 Å². The Morgan fingerprint density at radius 2 is 2.00 bits per heavy atom. The van der Waals surface area contributed by atoms with Crippen LogP contribution in [-0.4, -0.2) is 37.5 Å². The van der Waals surface area contributed by atoms with Crippen LogP contribution in [0.5, 0.6) is 0 Å². The molecule has 86 valence electrons. The lowest BCUT2D eigenvalue weighted by Crippen LogP contribution is -2.44. The lowest BCUT2D eigenvalue weighted by Gasteiger charge is -2.27. The van der Waals surface area contributed by atoms with Crippen LogP contribution in [0.2, 0.25) is 0 Å². The highest BCUT2D eigenvalue weighted by molar-refractivity contribution is 4.75. The first-order chi connectivity index (χ1) is 6.65. The summed E-state index contributed by atoms with van der Waals surface area (Å²) in [6.45, 7) is 7.49. The van der Waals surface area contributed by atoms with Crippen molar-refractivity contribution < 1.29 is 9.84 Å². The standard InChI is InChI=1S/C11H25NO2/c1-5-10(6-7-13)12-11(8-14-4)9(2)3/h9-13H,5-8H2,1-4H3. The maximum absolute atomic E-state index is 8.88. The zero-order chi connectivity index (χ0) is 11.0. The molecule has 2 unspecified atom stereocenters. The van der Waals surface area contributed by atoms with Gasteiger partial charge >= 0.3 is 0 Å². The van der Waals surface area contributed by atoms with Crippen molar-refractivity contribution in [2.45, 2.75) is 45.7 Å². The van der Waals surface area contributed by atoms with E-state index in [0.717, 1.165) is 19.4 Å².